The van der Waals surface area contributed by atoms with Gasteiger partial charge in [0.05, 0.1) is 0 Å². The molecule has 1 heterocycles. The van der Waals surface area contributed by atoms with Crippen LogP contribution in [0.3, 0.4) is 0 Å². The predicted molar refractivity (Wildman–Crippen MR) is 82.7 cm³/mol. The van der Waals surface area contributed by atoms with Crippen molar-refractivity contribution in [2.45, 2.75) is 26.8 Å². The first-order valence-corrected chi connectivity index (χ1v) is 6.78. The molecule has 1 aliphatic rings. The number of piperazine rings is 1. The van der Waals surface area contributed by atoms with Gasteiger partial charge in [0, 0.05) is 25.7 Å². The van der Waals surface area contributed by atoms with Crippen molar-refractivity contribution >= 4 is 18.3 Å². The number of carbonyl (C=O) groups excluding carboxylic acids is 1. The van der Waals surface area contributed by atoms with Crippen molar-refractivity contribution < 1.29 is 9.53 Å². The highest BCUT2D eigenvalue weighted by Gasteiger charge is 2.23. The van der Waals surface area contributed by atoms with Gasteiger partial charge in [-0.2, -0.15) is 0 Å². The lowest BCUT2D eigenvalue weighted by atomic mass is 10.1. The Hall–Kier alpha value is -1.26. The quantitative estimate of drug-likeness (QED) is 0.927. The number of carbonyl (C=O) groups is 1. The van der Waals surface area contributed by atoms with Crippen LogP contribution in [0.5, 0.6) is 5.75 Å². The van der Waals surface area contributed by atoms with E-state index in [0.29, 0.717) is 0 Å². The molecule has 1 N–H and O–H groups in total. The molecule has 112 valence electrons. The van der Waals surface area contributed by atoms with Gasteiger partial charge >= 0.3 is 0 Å². The molecular formula is C15H23ClN2O2. The highest BCUT2D eigenvalue weighted by Crippen LogP contribution is 2.19. The van der Waals surface area contributed by atoms with Gasteiger partial charge in [0.25, 0.3) is 5.91 Å². The molecule has 0 aliphatic carbocycles. The molecule has 0 unspecified atom stereocenters. The number of benzene rings is 1. The Labute approximate surface area is 126 Å². The molecule has 1 fully saturated rings. The van der Waals surface area contributed by atoms with E-state index in [-0.39, 0.29) is 31.0 Å². The molecular weight excluding hydrogens is 276 g/mol. The highest BCUT2D eigenvalue weighted by molar-refractivity contribution is 5.85. The maximum atomic E-state index is 12.2. The Bertz CT molecular complexity index is 465. The van der Waals surface area contributed by atoms with Crippen LogP contribution in [-0.2, 0) is 4.79 Å². The lowest BCUT2D eigenvalue weighted by molar-refractivity contribution is -0.136. The minimum atomic E-state index is 0. The first-order chi connectivity index (χ1) is 9.08. The lowest BCUT2D eigenvalue weighted by Crippen LogP contribution is -2.53. The SMILES string of the molecule is Cc1ccc(C)c(OCC(=O)N2CCNC[C@H]2C)c1.Cl. The summed E-state index contributed by atoms with van der Waals surface area (Å²) in [6.07, 6.45) is 0. The Kier molecular flexibility index (Phi) is 6.30. The minimum Gasteiger partial charge on any atom is -0.483 e. The number of hydrogen-bond donors (Lipinski definition) is 1. The van der Waals surface area contributed by atoms with E-state index in [4.69, 9.17) is 4.74 Å². The fraction of sp³-hybridized carbons (Fsp3) is 0.533. The van der Waals surface area contributed by atoms with Crippen LogP contribution in [0.2, 0.25) is 0 Å². The zero-order chi connectivity index (χ0) is 13.8. The largest absolute Gasteiger partial charge is 0.483 e. The lowest BCUT2D eigenvalue weighted by Gasteiger charge is -2.33. The van der Waals surface area contributed by atoms with Crippen molar-refractivity contribution in [1.82, 2.24) is 10.2 Å². The molecule has 1 atom stereocenters. The van der Waals surface area contributed by atoms with E-state index < -0.39 is 0 Å². The molecule has 0 radical (unpaired) electrons. The van der Waals surface area contributed by atoms with Crippen molar-refractivity contribution in [3.8, 4) is 5.75 Å². The molecule has 2 rings (SSSR count). The van der Waals surface area contributed by atoms with Gasteiger partial charge in [-0.25, -0.2) is 0 Å². The number of rotatable bonds is 3. The summed E-state index contributed by atoms with van der Waals surface area (Å²) in [5, 5.41) is 3.28. The topological polar surface area (TPSA) is 41.6 Å². The van der Waals surface area contributed by atoms with E-state index in [1.165, 1.54) is 0 Å². The molecule has 0 saturated carbocycles. The predicted octanol–water partition coefficient (Wildman–Crippen LogP) is 1.92. The molecule has 1 amide bonds. The first kappa shape index (κ1) is 16.8. The van der Waals surface area contributed by atoms with Crippen molar-refractivity contribution in [2.75, 3.05) is 26.2 Å². The van der Waals surface area contributed by atoms with Crippen LogP contribution in [0.25, 0.3) is 0 Å². The number of amides is 1. The Morgan fingerprint density at radius 3 is 2.90 bits per heavy atom. The van der Waals surface area contributed by atoms with Crippen LogP contribution >= 0.6 is 12.4 Å². The first-order valence-electron chi connectivity index (χ1n) is 6.78. The van der Waals surface area contributed by atoms with Gasteiger partial charge in [0.15, 0.2) is 6.61 Å². The van der Waals surface area contributed by atoms with Crippen molar-refractivity contribution in [3.05, 3.63) is 29.3 Å². The molecule has 20 heavy (non-hydrogen) atoms. The number of ether oxygens (including phenoxy) is 1. The van der Waals surface area contributed by atoms with E-state index in [0.717, 1.165) is 36.5 Å². The molecule has 0 bridgehead atoms. The van der Waals surface area contributed by atoms with Crippen LogP contribution in [-0.4, -0.2) is 43.1 Å². The fourth-order valence-corrected chi connectivity index (χ4v) is 2.30. The number of aryl methyl sites for hydroxylation is 2. The second kappa shape index (κ2) is 7.50. The van der Waals surface area contributed by atoms with Crippen LogP contribution in [0.15, 0.2) is 18.2 Å². The molecule has 0 aromatic heterocycles. The van der Waals surface area contributed by atoms with E-state index in [9.17, 15) is 4.79 Å². The highest BCUT2D eigenvalue weighted by atomic mass is 35.5. The van der Waals surface area contributed by atoms with Crippen molar-refractivity contribution in [3.63, 3.8) is 0 Å². The van der Waals surface area contributed by atoms with E-state index in [1.54, 1.807) is 0 Å². The third-order valence-electron chi connectivity index (χ3n) is 3.52. The number of nitrogens with zero attached hydrogens (tertiary/aromatic N) is 1. The summed E-state index contributed by atoms with van der Waals surface area (Å²) in [7, 11) is 0. The van der Waals surface area contributed by atoms with E-state index >= 15 is 0 Å². The van der Waals surface area contributed by atoms with Crippen molar-refractivity contribution in [2.24, 2.45) is 0 Å². The fourth-order valence-electron chi connectivity index (χ4n) is 2.30. The van der Waals surface area contributed by atoms with Crippen LogP contribution < -0.4 is 10.1 Å². The summed E-state index contributed by atoms with van der Waals surface area (Å²) in [6, 6.07) is 6.28. The van der Waals surface area contributed by atoms with Crippen molar-refractivity contribution in [1.29, 1.82) is 0 Å². The molecule has 1 aliphatic heterocycles. The second-order valence-corrected chi connectivity index (χ2v) is 5.20. The number of hydrogen-bond acceptors (Lipinski definition) is 3. The molecule has 4 nitrogen and oxygen atoms in total. The summed E-state index contributed by atoms with van der Waals surface area (Å²) in [4.78, 5) is 14.0. The Balaban J connectivity index is 0.00000200. The molecule has 0 spiro atoms. The van der Waals surface area contributed by atoms with Gasteiger partial charge in [-0.1, -0.05) is 12.1 Å². The molecule has 5 heteroatoms. The monoisotopic (exact) mass is 298 g/mol. The Morgan fingerprint density at radius 1 is 1.45 bits per heavy atom. The second-order valence-electron chi connectivity index (χ2n) is 5.20. The number of halogens is 1. The average Bonchev–Trinajstić information content (AvgIpc) is 2.40. The smallest absolute Gasteiger partial charge is 0.260 e. The molecule has 1 saturated heterocycles. The van der Waals surface area contributed by atoms with Gasteiger partial charge < -0.3 is 15.0 Å². The standard InChI is InChI=1S/C15H22N2O2.ClH/c1-11-4-5-12(2)14(8-11)19-10-15(18)17-7-6-16-9-13(17)3;/h4-5,8,13,16H,6-7,9-10H2,1-3H3;1H/t13-;/m1./s1. The summed E-state index contributed by atoms with van der Waals surface area (Å²) in [6.45, 7) is 8.67. The van der Waals surface area contributed by atoms with Gasteiger partial charge in [0.2, 0.25) is 0 Å². The van der Waals surface area contributed by atoms with E-state index in [2.05, 4.69) is 12.2 Å². The summed E-state index contributed by atoms with van der Waals surface area (Å²) in [5.74, 6) is 0.867. The third-order valence-corrected chi connectivity index (χ3v) is 3.52. The summed E-state index contributed by atoms with van der Waals surface area (Å²) in [5.41, 5.74) is 2.20. The van der Waals surface area contributed by atoms with Gasteiger partial charge in [-0.05, 0) is 38.0 Å². The zero-order valence-electron chi connectivity index (χ0n) is 12.3. The Morgan fingerprint density at radius 2 is 2.20 bits per heavy atom. The van der Waals surface area contributed by atoms with Gasteiger partial charge in [-0.3, -0.25) is 4.79 Å². The van der Waals surface area contributed by atoms with E-state index in [1.807, 2.05) is 36.9 Å². The zero-order valence-corrected chi connectivity index (χ0v) is 13.1. The summed E-state index contributed by atoms with van der Waals surface area (Å²) < 4.78 is 5.67. The maximum absolute atomic E-state index is 12.2. The normalized spacial score (nSPS) is 18.4. The number of nitrogens with one attached hydrogen (secondary N) is 1. The van der Waals surface area contributed by atoms with Gasteiger partial charge in [0.1, 0.15) is 5.75 Å². The maximum Gasteiger partial charge on any atom is 0.260 e. The summed E-state index contributed by atoms with van der Waals surface area (Å²) >= 11 is 0. The minimum absolute atomic E-state index is 0. The van der Waals surface area contributed by atoms with Crippen LogP contribution in [0.4, 0.5) is 0 Å². The third kappa shape index (κ3) is 4.12. The van der Waals surface area contributed by atoms with Crippen LogP contribution in [0, 0.1) is 13.8 Å². The van der Waals surface area contributed by atoms with Gasteiger partial charge in [-0.15, -0.1) is 12.4 Å². The van der Waals surface area contributed by atoms with Crippen LogP contribution in [0.1, 0.15) is 18.1 Å². The molecule has 1 aromatic rings. The average molecular weight is 299 g/mol. The molecule has 1 aromatic carbocycles.